The molecule has 1 aliphatic rings. The van der Waals surface area contributed by atoms with Gasteiger partial charge >= 0.3 is 5.97 Å². The molecule has 0 amide bonds. The second kappa shape index (κ2) is 12.2. The van der Waals surface area contributed by atoms with Crippen molar-refractivity contribution in [1.82, 2.24) is 4.90 Å². The van der Waals surface area contributed by atoms with E-state index in [0.717, 1.165) is 57.7 Å². The minimum absolute atomic E-state index is 0. The molecule has 1 aromatic carbocycles. The van der Waals surface area contributed by atoms with Gasteiger partial charge in [0.1, 0.15) is 5.75 Å². The van der Waals surface area contributed by atoms with Gasteiger partial charge in [0.25, 0.3) is 0 Å². The molecule has 1 atom stereocenters. The molecule has 4 nitrogen and oxygen atoms in total. The molecule has 0 N–H and O–H groups in total. The van der Waals surface area contributed by atoms with Crippen LogP contribution in [0.3, 0.4) is 0 Å². The highest BCUT2D eigenvalue weighted by atomic mass is 35.5. The summed E-state index contributed by atoms with van der Waals surface area (Å²) in [6.07, 6.45) is 3.96. The molecule has 2 rings (SSSR count). The standard InChI is InChI=1S/C21H33NO3.ClH/c1-4-17(3)19-9-6-7-10-20(19)25-16-8-13-22-14-11-18(12-15-22)21(23)24-5-2;/h6-7,9-10,17-18H,4-5,8,11-16H2,1-3H3;1H. The van der Waals surface area contributed by atoms with Crippen molar-refractivity contribution in [2.45, 2.75) is 52.4 Å². The van der Waals surface area contributed by atoms with Gasteiger partial charge in [-0.1, -0.05) is 32.0 Å². The Bertz CT molecular complexity index is 530. The summed E-state index contributed by atoms with van der Waals surface area (Å²) < 4.78 is 11.2. The van der Waals surface area contributed by atoms with Gasteiger partial charge in [-0.15, -0.1) is 12.4 Å². The van der Waals surface area contributed by atoms with Crippen LogP contribution < -0.4 is 4.74 Å². The van der Waals surface area contributed by atoms with Crippen molar-refractivity contribution in [1.29, 1.82) is 0 Å². The highest BCUT2D eigenvalue weighted by Gasteiger charge is 2.25. The van der Waals surface area contributed by atoms with Gasteiger partial charge < -0.3 is 14.4 Å². The Kier molecular flexibility index (Phi) is 10.7. The molecule has 1 heterocycles. The molecule has 0 spiro atoms. The quantitative estimate of drug-likeness (QED) is 0.459. The second-order valence-electron chi connectivity index (χ2n) is 6.92. The number of nitrogens with zero attached hydrogens (tertiary/aromatic N) is 1. The fraction of sp³-hybridized carbons (Fsp3) is 0.667. The monoisotopic (exact) mass is 383 g/mol. The number of hydrogen-bond acceptors (Lipinski definition) is 4. The third-order valence-corrected chi connectivity index (χ3v) is 5.15. The summed E-state index contributed by atoms with van der Waals surface area (Å²) in [6.45, 7) is 10.5. The number of rotatable bonds is 9. The number of hydrogen-bond donors (Lipinski definition) is 0. The number of benzene rings is 1. The van der Waals surface area contributed by atoms with E-state index in [1.165, 1.54) is 5.56 Å². The number of para-hydroxylation sites is 1. The van der Waals surface area contributed by atoms with E-state index in [9.17, 15) is 4.79 Å². The van der Waals surface area contributed by atoms with E-state index >= 15 is 0 Å². The third kappa shape index (κ3) is 6.81. The van der Waals surface area contributed by atoms with Crippen molar-refractivity contribution in [2.24, 2.45) is 5.92 Å². The predicted octanol–water partition coefficient (Wildman–Crippen LogP) is 4.67. The van der Waals surface area contributed by atoms with Crippen molar-refractivity contribution in [3.8, 4) is 5.75 Å². The zero-order valence-corrected chi connectivity index (χ0v) is 17.2. The van der Waals surface area contributed by atoms with Gasteiger partial charge in [-0.2, -0.15) is 0 Å². The van der Waals surface area contributed by atoms with Gasteiger partial charge in [0, 0.05) is 6.54 Å². The summed E-state index contributed by atoms with van der Waals surface area (Å²) in [6, 6.07) is 8.37. The molecular weight excluding hydrogens is 350 g/mol. The molecule has 5 heteroatoms. The van der Waals surface area contributed by atoms with Gasteiger partial charge in [-0.05, 0) is 63.2 Å². The van der Waals surface area contributed by atoms with Crippen molar-refractivity contribution in [3.63, 3.8) is 0 Å². The number of ether oxygens (including phenoxy) is 2. The summed E-state index contributed by atoms with van der Waals surface area (Å²) >= 11 is 0. The fourth-order valence-corrected chi connectivity index (χ4v) is 3.36. The average Bonchev–Trinajstić information content (AvgIpc) is 2.65. The van der Waals surface area contributed by atoms with E-state index < -0.39 is 0 Å². The molecule has 0 aliphatic carbocycles. The van der Waals surface area contributed by atoms with Crippen molar-refractivity contribution in [2.75, 3.05) is 32.8 Å². The number of esters is 1. The van der Waals surface area contributed by atoms with E-state index in [1.54, 1.807) is 0 Å². The molecule has 1 aliphatic heterocycles. The number of carbonyl (C=O) groups excluding carboxylic acids is 1. The van der Waals surface area contributed by atoms with E-state index in [0.29, 0.717) is 12.5 Å². The lowest BCUT2D eigenvalue weighted by atomic mass is 9.97. The Morgan fingerprint density at radius 1 is 1.23 bits per heavy atom. The van der Waals surface area contributed by atoms with Gasteiger partial charge in [0.05, 0.1) is 19.1 Å². The first-order valence-corrected chi connectivity index (χ1v) is 9.76. The summed E-state index contributed by atoms with van der Waals surface area (Å²) in [4.78, 5) is 14.2. The maximum atomic E-state index is 11.8. The second-order valence-corrected chi connectivity index (χ2v) is 6.92. The van der Waals surface area contributed by atoms with E-state index in [1.807, 2.05) is 13.0 Å². The Labute approximate surface area is 164 Å². The topological polar surface area (TPSA) is 38.8 Å². The smallest absolute Gasteiger partial charge is 0.309 e. The van der Waals surface area contributed by atoms with Gasteiger partial charge in [0.15, 0.2) is 0 Å². The first kappa shape index (κ1) is 22.8. The first-order valence-electron chi connectivity index (χ1n) is 9.76. The van der Waals surface area contributed by atoms with Gasteiger partial charge in [-0.3, -0.25) is 4.79 Å². The molecular formula is C21H34ClNO3. The van der Waals surface area contributed by atoms with Gasteiger partial charge in [0.2, 0.25) is 0 Å². The lowest BCUT2D eigenvalue weighted by molar-refractivity contribution is -0.149. The normalized spacial score (nSPS) is 16.6. The van der Waals surface area contributed by atoms with E-state index in [-0.39, 0.29) is 24.3 Å². The zero-order valence-electron chi connectivity index (χ0n) is 16.4. The molecule has 1 unspecified atom stereocenters. The maximum Gasteiger partial charge on any atom is 0.309 e. The average molecular weight is 384 g/mol. The SMILES string of the molecule is CCOC(=O)C1CCN(CCCOc2ccccc2C(C)CC)CC1.Cl. The van der Waals surface area contributed by atoms with Crippen LogP contribution in [0.25, 0.3) is 0 Å². The highest BCUT2D eigenvalue weighted by molar-refractivity contribution is 5.85. The Morgan fingerprint density at radius 2 is 1.92 bits per heavy atom. The molecule has 1 fully saturated rings. The summed E-state index contributed by atoms with van der Waals surface area (Å²) in [5.74, 6) is 1.62. The van der Waals surface area contributed by atoms with Crippen LogP contribution in [0.2, 0.25) is 0 Å². The molecule has 26 heavy (non-hydrogen) atoms. The summed E-state index contributed by atoms with van der Waals surface area (Å²) in [5.41, 5.74) is 1.31. The molecule has 0 radical (unpaired) electrons. The minimum atomic E-state index is -0.0212. The third-order valence-electron chi connectivity index (χ3n) is 5.15. The first-order chi connectivity index (χ1) is 12.2. The Morgan fingerprint density at radius 3 is 2.58 bits per heavy atom. The number of carbonyl (C=O) groups is 1. The van der Waals surface area contributed by atoms with Crippen LogP contribution in [0.1, 0.15) is 57.9 Å². The minimum Gasteiger partial charge on any atom is -0.493 e. The lowest BCUT2D eigenvalue weighted by Crippen LogP contribution is -2.37. The fourth-order valence-electron chi connectivity index (χ4n) is 3.36. The van der Waals surface area contributed by atoms with Crippen LogP contribution in [0.15, 0.2) is 24.3 Å². The number of halogens is 1. The zero-order chi connectivity index (χ0) is 18.1. The van der Waals surface area contributed by atoms with E-state index in [2.05, 4.69) is 36.9 Å². The van der Waals surface area contributed by atoms with Crippen LogP contribution in [0.4, 0.5) is 0 Å². The van der Waals surface area contributed by atoms with Crippen molar-refractivity contribution >= 4 is 18.4 Å². The lowest BCUT2D eigenvalue weighted by Gasteiger charge is -2.30. The molecule has 1 aromatic rings. The Balaban J connectivity index is 0.00000338. The van der Waals surface area contributed by atoms with Crippen molar-refractivity contribution < 1.29 is 14.3 Å². The van der Waals surface area contributed by atoms with Crippen LogP contribution in [0.5, 0.6) is 5.75 Å². The number of likely N-dealkylation sites (tertiary alicyclic amines) is 1. The molecule has 1 saturated heterocycles. The van der Waals surface area contributed by atoms with E-state index in [4.69, 9.17) is 9.47 Å². The van der Waals surface area contributed by atoms with Crippen LogP contribution in [-0.2, 0) is 9.53 Å². The Hall–Kier alpha value is -1.26. The van der Waals surface area contributed by atoms with Gasteiger partial charge in [-0.25, -0.2) is 0 Å². The van der Waals surface area contributed by atoms with Crippen LogP contribution in [0, 0.1) is 5.92 Å². The molecule has 0 aromatic heterocycles. The summed E-state index contributed by atoms with van der Waals surface area (Å²) in [7, 11) is 0. The van der Waals surface area contributed by atoms with Crippen LogP contribution in [-0.4, -0.2) is 43.7 Å². The maximum absolute atomic E-state index is 11.8. The summed E-state index contributed by atoms with van der Waals surface area (Å²) in [5, 5.41) is 0. The molecule has 0 saturated carbocycles. The predicted molar refractivity (Wildman–Crippen MR) is 108 cm³/mol. The molecule has 0 bridgehead atoms. The van der Waals surface area contributed by atoms with Crippen LogP contribution >= 0.6 is 12.4 Å². The largest absolute Gasteiger partial charge is 0.493 e. The molecule has 148 valence electrons. The number of piperidine rings is 1. The van der Waals surface area contributed by atoms with Crippen molar-refractivity contribution in [3.05, 3.63) is 29.8 Å². The highest BCUT2D eigenvalue weighted by Crippen LogP contribution is 2.28.